The highest BCUT2D eigenvalue weighted by Crippen LogP contribution is 2.09. The van der Waals surface area contributed by atoms with Crippen molar-refractivity contribution in [2.45, 2.75) is 26.4 Å². The van der Waals surface area contributed by atoms with Gasteiger partial charge in [0.2, 0.25) is 0 Å². The molecule has 1 aromatic rings. The van der Waals surface area contributed by atoms with Crippen molar-refractivity contribution in [2.75, 3.05) is 39.4 Å². The third-order valence-electron chi connectivity index (χ3n) is 3.54. The molecule has 0 atom stereocenters. The van der Waals surface area contributed by atoms with E-state index in [9.17, 15) is 8.78 Å². The Morgan fingerprint density at radius 2 is 2.15 bits per heavy atom. The lowest BCUT2D eigenvalue weighted by atomic mass is 10.2. The fourth-order valence-corrected chi connectivity index (χ4v) is 2.26. The smallest absolute Gasteiger partial charge is 0.257 e. The van der Waals surface area contributed by atoms with Crippen molar-refractivity contribution >= 4 is 0 Å². The van der Waals surface area contributed by atoms with E-state index in [1.807, 2.05) is 6.92 Å². The summed E-state index contributed by atoms with van der Waals surface area (Å²) in [7, 11) is 0. The maximum absolute atomic E-state index is 12.3. The molecule has 1 saturated heterocycles. The molecule has 0 aliphatic carbocycles. The molecule has 1 fully saturated rings. The summed E-state index contributed by atoms with van der Waals surface area (Å²) in [6.45, 7) is 7.58. The molecule has 0 amide bonds. The lowest BCUT2D eigenvalue weighted by Crippen LogP contribution is -2.40. The van der Waals surface area contributed by atoms with Gasteiger partial charge >= 0.3 is 0 Å². The minimum Gasteiger partial charge on any atom is -0.379 e. The van der Waals surface area contributed by atoms with Gasteiger partial charge in [-0.2, -0.15) is 5.10 Å². The summed E-state index contributed by atoms with van der Waals surface area (Å²) in [4.78, 5) is 2.35. The zero-order valence-corrected chi connectivity index (χ0v) is 11.8. The minimum atomic E-state index is -2.37. The average Bonchev–Trinajstić information content (AvgIpc) is 2.77. The zero-order valence-electron chi connectivity index (χ0n) is 11.8. The number of nitrogens with one attached hydrogen (secondary N) is 1. The third-order valence-corrected chi connectivity index (χ3v) is 3.54. The number of morpholine rings is 1. The second-order valence-corrected chi connectivity index (χ2v) is 4.96. The fourth-order valence-electron chi connectivity index (χ4n) is 2.26. The Hall–Kier alpha value is -1.05. The molecule has 5 nitrogen and oxygen atoms in total. The molecule has 1 aliphatic rings. The van der Waals surface area contributed by atoms with Gasteiger partial charge in [-0.25, -0.2) is 8.78 Å². The number of rotatable bonds is 7. The topological polar surface area (TPSA) is 42.3 Å². The summed E-state index contributed by atoms with van der Waals surface area (Å²) in [6.07, 6.45) is -0.699. The number of hydrogen-bond donors (Lipinski definition) is 1. The van der Waals surface area contributed by atoms with Crippen LogP contribution < -0.4 is 5.32 Å². The van der Waals surface area contributed by atoms with Crippen LogP contribution in [0.2, 0.25) is 0 Å². The molecule has 0 aromatic carbocycles. The van der Waals surface area contributed by atoms with Crippen LogP contribution in [0, 0.1) is 6.92 Å². The number of hydrogen-bond acceptors (Lipinski definition) is 4. The van der Waals surface area contributed by atoms with Crippen LogP contribution in [-0.4, -0.2) is 60.5 Å². The molecule has 0 radical (unpaired) electrons. The highest BCUT2D eigenvalue weighted by Gasteiger charge is 2.11. The summed E-state index contributed by atoms with van der Waals surface area (Å²) in [5, 5.41) is 7.33. The SMILES string of the molecule is Cc1c(CNCCN2CCOCC2)cnn1CC(F)F. The van der Waals surface area contributed by atoms with Crippen molar-refractivity contribution in [2.24, 2.45) is 0 Å². The van der Waals surface area contributed by atoms with E-state index in [1.54, 1.807) is 6.20 Å². The Kier molecular flexibility index (Phi) is 5.87. The van der Waals surface area contributed by atoms with E-state index >= 15 is 0 Å². The Balaban J connectivity index is 1.69. The van der Waals surface area contributed by atoms with E-state index in [0.29, 0.717) is 6.54 Å². The molecule has 0 saturated carbocycles. The lowest BCUT2D eigenvalue weighted by molar-refractivity contribution is 0.0384. The standard InChI is InChI=1S/C13H22F2N4O/c1-11-12(9-17-19(11)10-13(14)15)8-16-2-3-18-4-6-20-7-5-18/h9,13,16H,2-8,10H2,1H3. The van der Waals surface area contributed by atoms with Crippen LogP contribution in [0.1, 0.15) is 11.3 Å². The predicted octanol–water partition coefficient (Wildman–Crippen LogP) is 0.878. The van der Waals surface area contributed by atoms with Crippen LogP contribution >= 0.6 is 0 Å². The summed E-state index contributed by atoms with van der Waals surface area (Å²) in [5.74, 6) is 0. The third kappa shape index (κ3) is 4.50. The highest BCUT2D eigenvalue weighted by molar-refractivity contribution is 5.15. The predicted molar refractivity (Wildman–Crippen MR) is 71.9 cm³/mol. The second-order valence-electron chi connectivity index (χ2n) is 4.96. The molecule has 2 rings (SSSR count). The molecule has 7 heteroatoms. The normalized spacial score (nSPS) is 17.0. The monoisotopic (exact) mass is 288 g/mol. The molecular weight excluding hydrogens is 266 g/mol. The quantitative estimate of drug-likeness (QED) is 0.756. The second kappa shape index (κ2) is 7.66. The molecule has 1 N–H and O–H groups in total. The van der Waals surface area contributed by atoms with E-state index in [-0.39, 0.29) is 6.54 Å². The van der Waals surface area contributed by atoms with E-state index in [1.165, 1.54) is 4.68 Å². The molecular formula is C13H22F2N4O. The van der Waals surface area contributed by atoms with Gasteiger partial charge in [-0.05, 0) is 6.92 Å². The molecule has 114 valence electrons. The summed E-state index contributed by atoms with van der Waals surface area (Å²) in [5.41, 5.74) is 1.79. The number of ether oxygens (including phenoxy) is 1. The Bertz CT molecular complexity index is 405. The molecule has 20 heavy (non-hydrogen) atoms. The van der Waals surface area contributed by atoms with Crippen LogP contribution in [0.25, 0.3) is 0 Å². The molecule has 1 aromatic heterocycles. The van der Waals surface area contributed by atoms with Gasteiger partial charge in [-0.15, -0.1) is 0 Å². The van der Waals surface area contributed by atoms with Crippen molar-refractivity contribution in [3.8, 4) is 0 Å². The van der Waals surface area contributed by atoms with E-state index < -0.39 is 6.43 Å². The van der Waals surface area contributed by atoms with Crippen LogP contribution in [0.15, 0.2) is 6.20 Å². The number of alkyl halides is 2. The molecule has 1 aliphatic heterocycles. The first-order valence-corrected chi connectivity index (χ1v) is 6.97. The fraction of sp³-hybridized carbons (Fsp3) is 0.769. The van der Waals surface area contributed by atoms with Gasteiger partial charge in [0.25, 0.3) is 6.43 Å². The van der Waals surface area contributed by atoms with Gasteiger partial charge in [0.15, 0.2) is 0 Å². The van der Waals surface area contributed by atoms with E-state index in [2.05, 4.69) is 15.3 Å². The number of aromatic nitrogens is 2. The number of nitrogens with zero attached hydrogens (tertiary/aromatic N) is 3. The Morgan fingerprint density at radius 3 is 2.85 bits per heavy atom. The summed E-state index contributed by atoms with van der Waals surface area (Å²) >= 11 is 0. The maximum atomic E-state index is 12.3. The molecule has 0 bridgehead atoms. The van der Waals surface area contributed by atoms with Crippen molar-refractivity contribution in [3.05, 3.63) is 17.5 Å². The zero-order chi connectivity index (χ0) is 14.4. The Labute approximate surface area is 117 Å². The highest BCUT2D eigenvalue weighted by atomic mass is 19.3. The van der Waals surface area contributed by atoms with Gasteiger partial charge in [0, 0.05) is 44.0 Å². The van der Waals surface area contributed by atoms with Crippen molar-refractivity contribution in [1.29, 1.82) is 0 Å². The van der Waals surface area contributed by atoms with Gasteiger partial charge in [-0.1, -0.05) is 0 Å². The first-order valence-electron chi connectivity index (χ1n) is 6.97. The van der Waals surface area contributed by atoms with Crippen LogP contribution in [0.3, 0.4) is 0 Å². The molecule has 0 spiro atoms. The van der Waals surface area contributed by atoms with E-state index in [0.717, 1.165) is 50.7 Å². The van der Waals surface area contributed by atoms with Gasteiger partial charge in [0.05, 0.1) is 19.4 Å². The summed E-state index contributed by atoms with van der Waals surface area (Å²) < 4.78 is 31.3. The maximum Gasteiger partial charge on any atom is 0.257 e. The lowest BCUT2D eigenvalue weighted by Gasteiger charge is -2.26. The van der Waals surface area contributed by atoms with E-state index in [4.69, 9.17) is 4.74 Å². The van der Waals surface area contributed by atoms with Gasteiger partial charge in [0.1, 0.15) is 6.54 Å². The van der Waals surface area contributed by atoms with Crippen molar-refractivity contribution in [1.82, 2.24) is 20.0 Å². The van der Waals surface area contributed by atoms with Crippen molar-refractivity contribution < 1.29 is 13.5 Å². The largest absolute Gasteiger partial charge is 0.379 e. The van der Waals surface area contributed by atoms with Gasteiger partial charge < -0.3 is 10.1 Å². The number of halogens is 2. The Morgan fingerprint density at radius 1 is 1.40 bits per heavy atom. The first-order chi connectivity index (χ1) is 9.66. The summed E-state index contributed by atoms with van der Waals surface area (Å²) in [6, 6.07) is 0. The first kappa shape index (κ1) is 15.3. The minimum absolute atomic E-state index is 0.334. The van der Waals surface area contributed by atoms with Crippen molar-refractivity contribution in [3.63, 3.8) is 0 Å². The van der Waals surface area contributed by atoms with Crippen LogP contribution in [0.4, 0.5) is 8.78 Å². The molecule has 2 heterocycles. The van der Waals surface area contributed by atoms with Gasteiger partial charge in [-0.3, -0.25) is 9.58 Å². The average molecular weight is 288 g/mol. The van der Waals surface area contributed by atoms with Crippen LogP contribution in [0.5, 0.6) is 0 Å². The van der Waals surface area contributed by atoms with Crippen LogP contribution in [-0.2, 0) is 17.8 Å². The molecule has 0 unspecified atom stereocenters.